The third-order valence-corrected chi connectivity index (χ3v) is 3.45. The van der Waals surface area contributed by atoms with E-state index in [1.54, 1.807) is 6.07 Å². The molecule has 0 radical (unpaired) electrons. The van der Waals surface area contributed by atoms with Crippen molar-refractivity contribution in [2.24, 2.45) is 0 Å². The summed E-state index contributed by atoms with van der Waals surface area (Å²) in [5.41, 5.74) is -0.734. The van der Waals surface area contributed by atoms with E-state index in [4.69, 9.17) is 9.52 Å². The first-order chi connectivity index (χ1) is 8.42. The number of carboxylic acids is 1. The second-order valence-electron chi connectivity index (χ2n) is 4.12. The molecule has 0 aliphatic rings. The molecule has 2 N–H and O–H groups in total. The normalized spacial score (nSPS) is 11.3. The Morgan fingerprint density at radius 1 is 1.39 bits per heavy atom. The monoisotopic (exact) mass is 317 g/mol. The second-order valence-corrected chi connectivity index (χ2v) is 4.90. The van der Waals surface area contributed by atoms with Gasteiger partial charge in [-0.15, -0.1) is 0 Å². The summed E-state index contributed by atoms with van der Waals surface area (Å²) >= 11 is 3.11. The van der Waals surface area contributed by atoms with Crippen LogP contribution < -0.4 is 5.32 Å². The number of aliphatic carboxylic acids is 1. The standard InChI is InChI=1S/C12H16BrNO4/c1-3-12(4-2,7-10(15)16)14-11(17)8-5-6-9(13)18-8/h5-6H,3-4,7H2,1-2H3,(H,14,17)(H,15,16). The minimum Gasteiger partial charge on any atom is -0.481 e. The van der Waals surface area contributed by atoms with Crippen LogP contribution in [-0.4, -0.2) is 22.5 Å². The van der Waals surface area contributed by atoms with Crippen LogP contribution in [-0.2, 0) is 4.79 Å². The molecule has 1 aromatic rings. The van der Waals surface area contributed by atoms with E-state index in [1.165, 1.54) is 6.07 Å². The van der Waals surface area contributed by atoms with Crippen molar-refractivity contribution in [2.75, 3.05) is 0 Å². The Balaban J connectivity index is 2.83. The molecule has 5 nitrogen and oxygen atoms in total. The number of carbonyl (C=O) groups is 2. The van der Waals surface area contributed by atoms with Gasteiger partial charge < -0.3 is 14.8 Å². The van der Waals surface area contributed by atoms with Gasteiger partial charge in [0.2, 0.25) is 0 Å². The van der Waals surface area contributed by atoms with Gasteiger partial charge in [0.25, 0.3) is 5.91 Å². The van der Waals surface area contributed by atoms with Crippen LogP contribution in [0.15, 0.2) is 21.2 Å². The average Bonchev–Trinajstić information content (AvgIpc) is 2.74. The van der Waals surface area contributed by atoms with Gasteiger partial charge in [0, 0.05) is 0 Å². The molecule has 0 atom stereocenters. The molecule has 0 unspecified atom stereocenters. The SMILES string of the molecule is CCC(CC)(CC(=O)O)NC(=O)c1ccc(Br)o1. The minimum atomic E-state index is -0.931. The maximum atomic E-state index is 12.0. The summed E-state index contributed by atoms with van der Waals surface area (Å²) in [6.45, 7) is 3.70. The number of hydrogen-bond donors (Lipinski definition) is 2. The summed E-state index contributed by atoms with van der Waals surface area (Å²) < 4.78 is 5.60. The molecule has 1 aromatic heterocycles. The Morgan fingerprint density at radius 3 is 2.39 bits per heavy atom. The summed E-state index contributed by atoms with van der Waals surface area (Å²) in [5, 5.41) is 11.7. The van der Waals surface area contributed by atoms with E-state index in [9.17, 15) is 9.59 Å². The largest absolute Gasteiger partial charge is 0.481 e. The van der Waals surface area contributed by atoms with Crippen molar-refractivity contribution in [2.45, 2.75) is 38.6 Å². The zero-order valence-electron chi connectivity index (χ0n) is 10.3. The highest BCUT2D eigenvalue weighted by atomic mass is 79.9. The molecule has 100 valence electrons. The number of nitrogens with one attached hydrogen (secondary N) is 1. The molecular weight excluding hydrogens is 302 g/mol. The van der Waals surface area contributed by atoms with E-state index in [-0.39, 0.29) is 12.2 Å². The number of carboxylic acid groups (broad SMARTS) is 1. The van der Waals surface area contributed by atoms with Crippen LogP contribution in [0.4, 0.5) is 0 Å². The molecule has 0 fully saturated rings. The fourth-order valence-corrected chi connectivity index (χ4v) is 2.06. The highest BCUT2D eigenvalue weighted by Crippen LogP contribution is 2.21. The zero-order valence-corrected chi connectivity index (χ0v) is 11.9. The molecule has 6 heteroatoms. The Bertz CT molecular complexity index is 437. The second kappa shape index (κ2) is 6.04. The first kappa shape index (κ1) is 14.8. The fraction of sp³-hybridized carbons (Fsp3) is 0.500. The van der Waals surface area contributed by atoms with Gasteiger partial charge in [-0.1, -0.05) is 13.8 Å². The molecule has 0 aliphatic carbocycles. The summed E-state index contributed by atoms with van der Waals surface area (Å²) in [6, 6.07) is 3.15. The molecule has 1 rings (SSSR count). The van der Waals surface area contributed by atoms with Crippen molar-refractivity contribution >= 4 is 27.8 Å². The summed E-state index contributed by atoms with van der Waals surface area (Å²) in [6.07, 6.45) is 0.987. The van der Waals surface area contributed by atoms with Crippen LogP contribution in [0.25, 0.3) is 0 Å². The molecule has 0 saturated heterocycles. The third-order valence-electron chi connectivity index (χ3n) is 3.02. The van der Waals surface area contributed by atoms with E-state index in [0.717, 1.165) is 0 Å². The number of rotatable bonds is 6. The lowest BCUT2D eigenvalue weighted by molar-refractivity contribution is -0.138. The Hall–Kier alpha value is -1.30. The minimum absolute atomic E-state index is 0.104. The van der Waals surface area contributed by atoms with Crippen LogP contribution in [0.2, 0.25) is 0 Å². The van der Waals surface area contributed by atoms with Gasteiger partial charge in [0.05, 0.1) is 12.0 Å². The first-order valence-corrected chi connectivity index (χ1v) is 6.51. The first-order valence-electron chi connectivity index (χ1n) is 5.72. The Morgan fingerprint density at radius 2 is 2.00 bits per heavy atom. The van der Waals surface area contributed by atoms with Crippen LogP contribution in [0.3, 0.4) is 0 Å². The molecule has 1 amide bonds. The van der Waals surface area contributed by atoms with Crippen LogP contribution in [0.1, 0.15) is 43.7 Å². The van der Waals surface area contributed by atoms with Crippen molar-refractivity contribution in [3.05, 3.63) is 22.6 Å². The van der Waals surface area contributed by atoms with Crippen LogP contribution in [0.5, 0.6) is 0 Å². The lowest BCUT2D eigenvalue weighted by atomic mass is 9.89. The number of carbonyl (C=O) groups excluding carboxylic acids is 1. The van der Waals surface area contributed by atoms with E-state index in [1.807, 2.05) is 13.8 Å². The van der Waals surface area contributed by atoms with Crippen LogP contribution in [0, 0.1) is 0 Å². The smallest absolute Gasteiger partial charge is 0.305 e. The van der Waals surface area contributed by atoms with Crippen molar-refractivity contribution in [3.63, 3.8) is 0 Å². The summed E-state index contributed by atoms with van der Waals surface area (Å²) in [7, 11) is 0. The summed E-state index contributed by atoms with van der Waals surface area (Å²) in [4.78, 5) is 22.8. The van der Waals surface area contributed by atoms with E-state index in [0.29, 0.717) is 17.5 Å². The van der Waals surface area contributed by atoms with Crippen molar-refractivity contribution in [3.8, 4) is 0 Å². The Kier molecular flexibility index (Phi) is 4.95. The topological polar surface area (TPSA) is 79.5 Å². The van der Waals surface area contributed by atoms with Crippen molar-refractivity contribution in [1.29, 1.82) is 0 Å². The van der Waals surface area contributed by atoms with Gasteiger partial charge in [-0.05, 0) is 40.9 Å². The number of furan rings is 1. The van der Waals surface area contributed by atoms with Gasteiger partial charge in [-0.2, -0.15) is 0 Å². The van der Waals surface area contributed by atoms with Gasteiger partial charge in [-0.25, -0.2) is 0 Å². The van der Waals surface area contributed by atoms with Crippen molar-refractivity contribution < 1.29 is 19.1 Å². The Labute approximate surface area is 114 Å². The average molecular weight is 318 g/mol. The summed E-state index contributed by atoms with van der Waals surface area (Å²) in [5.74, 6) is -1.16. The number of hydrogen-bond acceptors (Lipinski definition) is 3. The highest BCUT2D eigenvalue weighted by Gasteiger charge is 2.32. The van der Waals surface area contributed by atoms with Gasteiger partial charge in [0.15, 0.2) is 10.4 Å². The van der Waals surface area contributed by atoms with E-state index >= 15 is 0 Å². The molecule has 18 heavy (non-hydrogen) atoms. The zero-order chi connectivity index (χ0) is 13.8. The van der Waals surface area contributed by atoms with E-state index < -0.39 is 17.4 Å². The van der Waals surface area contributed by atoms with Gasteiger partial charge in [0.1, 0.15) is 0 Å². The molecule has 0 aromatic carbocycles. The maximum absolute atomic E-state index is 12.0. The molecule has 0 saturated carbocycles. The van der Waals surface area contributed by atoms with Gasteiger partial charge in [-0.3, -0.25) is 9.59 Å². The van der Waals surface area contributed by atoms with E-state index in [2.05, 4.69) is 21.2 Å². The number of amides is 1. The number of halogens is 1. The lowest BCUT2D eigenvalue weighted by Crippen LogP contribution is -2.49. The maximum Gasteiger partial charge on any atom is 0.305 e. The molecular formula is C12H16BrNO4. The lowest BCUT2D eigenvalue weighted by Gasteiger charge is -2.30. The fourth-order valence-electron chi connectivity index (χ4n) is 1.75. The molecule has 0 aliphatic heterocycles. The quantitative estimate of drug-likeness (QED) is 0.845. The highest BCUT2D eigenvalue weighted by molar-refractivity contribution is 9.10. The predicted octanol–water partition coefficient (Wildman–Crippen LogP) is 2.81. The third kappa shape index (κ3) is 3.60. The molecule has 0 bridgehead atoms. The molecule has 1 heterocycles. The predicted molar refractivity (Wildman–Crippen MR) is 69.4 cm³/mol. The van der Waals surface area contributed by atoms with Gasteiger partial charge >= 0.3 is 5.97 Å². The van der Waals surface area contributed by atoms with Crippen LogP contribution >= 0.6 is 15.9 Å². The van der Waals surface area contributed by atoms with Crippen molar-refractivity contribution in [1.82, 2.24) is 5.32 Å². The molecule has 0 spiro atoms.